The monoisotopic (exact) mass is 563 g/mol. The number of benzene rings is 1. The van der Waals surface area contributed by atoms with Crippen LogP contribution in [0.3, 0.4) is 0 Å². The molecule has 218 valence electrons. The van der Waals surface area contributed by atoms with Crippen molar-refractivity contribution in [2.75, 3.05) is 56.2 Å². The third kappa shape index (κ3) is 5.69. The molecule has 0 N–H and O–H groups in total. The number of aromatic nitrogens is 2. The van der Waals surface area contributed by atoms with Gasteiger partial charge in [-0.15, -0.1) is 0 Å². The van der Waals surface area contributed by atoms with Crippen LogP contribution in [-0.4, -0.2) is 78.2 Å². The maximum atomic E-state index is 15.3. The molecule has 10 heteroatoms. The zero-order valence-electron chi connectivity index (χ0n) is 24.1. The molecule has 41 heavy (non-hydrogen) atoms. The lowest BCUT2D eigenvalue weighted by atomic mass is 10.0. The predicted molar refractivity (Wildman–Crippen MR) is 154 cm³/mol. The van der Waals surface area contributed by atoms with Gasteiger partial charge in [0.1, 0.15) is 24.1 Å². The van der Waals surface area contributed by atoms with Gasteiger partial charge in [0.05, 0.1) is 36.5 Å². The van der Waals surface area contributed by atoms with E-state index >= 15 is 4.39 Å². The van der Waals surface area contributed by atoms with Crippen molar-refractivity contribution < 1.29 is 13.5 Å². The van der Waals surface area contributed by atoms with Crippen LogP contribution in [0.4, 0.5) is 20.3 Å². The van der Waals surface area contributed by atoms with E-state index in [1.165, 1.54) is 18.7 Å². The van der Waals surface area contributed by atoms with E-state index in [9.17, 15) is 9.65 Å². The fraction of sp³-hybridized carbons (Fsp3) is 0.581. The molecule has 0 unspecified atom stereocenters. The Morgan fingerprint density at radius 3 is 2.73 bits per heavy atom. The molecule has 1 aliphatic carbocycles. The minimum atomic E-state index is -0.270. The van der Waals surface area contributed by atoms with Crippen LogP contribution in [0.5, 0.6) is 6.01 Å². The van der Waals surface area contributed by atoms with Gasteiger partial charge in [-0.2, -0.15) is 15.2 Å². The molecule has 2 saturated heterocycles. The number of likely N-dealkylation sites (N-methyl/N-ethyl adjacent to an activating group) is 1. The molecule has 0 bridgehead atoms. The number of allylic oxidation sites excluding steroid dienone is 1. The van der Waals surface area contributed by atoms with Gasteiger partial charge in [-0.05, 0) is 76.2 Å². The van der Waals surface area contributed by atoms with Gasteiger partial charge in [0.15, 0.2) is 0 Å². The summed E-state index contributed by atoms with van der Waals surface area (Å²) in [5.41, 5.74) is 5.03. The van der Waals surface area contributed by atoms with Crippen molar-refractivity contribution in [1.82, 2.24) is 19.8 Å². The highest BCUT2D eigenvalue weighted by Gasteiger charge is 2.33. The predicted octanol–water partition coefficient (Wildman–Crippen LogP) is 4.38. The summed E-state index contributed by atoms with van der Waals surface area (Å²) in [6.07, 6.45) is 7.68. The van der Waals surface area contributed by atoms with E-state index in [4.69, 9.17) is 14.7 Å². The molecule has 3 aliphatic heterocycles. The summed E-state index contributed by atoms with van der Waals surface area (Å²) >= 11 is 0. The van der Waals surface area contributed by atoms with Crippen LogP contribution < -0.4 is 14.5 Å². The van der Waals surface area contributed by atoms with E-state index in [2.05, 4.69) is 27.8 Å². The Hall–Kier alpha value is -3.45. The number of piperazine rings is 1. The van der Waals surface area contributed by atoms with Crippen molar-refractivity contribution in [2.24, 2.45) is 0 Å². The fourth-order valence-electron chi connectivity index (χ4n) is 6.97. The van der Waals surface area contributed by atoms with Crippen molar-refractivity contribution in [3.8, 4) is 12.1 Å². The van der Waals surface area contributed by atoms with Crippen LogP contribution >= 0.6 is 0 Å². The molecule has 2 atom stereocenters. The van der Waals surface area contributed by atoms with E-state index in [-0.39, 0.29) is 24.1 Å². The standard InChI is InChI=1S/C31H39F2N7O/c1-21(32)17-38-15-16-40(18-23(38)10-12-34)30-26-11-14-39(29-25-7-3-5-22(25)8-9-27(29)33)19-28(26)35-31(36-30)41-20-24-6-4-13-37(24)2/h8-9,17,23-24H,3-7,10-11,13-16,18-20H2,1-2H3/t23-,24-/m0/s1. The highest BCUT2D eigenvalue weighted by molar-refractivity contribution is 5.62. The second-order valence-corrected chi connectivity index (χ2v) is 11.8. The molecule has 2 fully saturated rings. The van der Waals surface area contributed by atoms with Crippen molar-refractivity contribution in [2.45, 2.75) is 70.5 Å². The molecule has 0 spiro atoms. The third-order valence-corrected chi connectivity index (χ3v) is 9.12. The lowest BCUT2D eigenvalue weighted by molar-refractivity contribution is 0.187. The summed E-state index contributed by atoms with van der Waals surface area (Å²) in [6.45, 7) is 5.95. The van der Waals surface area contributed by atoms with Gasteiger partial charge in [-0.25, -0.2) is 8.78 Å². The molecule has 2 aromatic rings. The van der Waals surface area contributed by atoms with Crippen LogP contribution in [0.15, 0.2) is 24.2 Å². The first-order chi connectivity index (χ1) is 19.9. The average molecular weight is 564 g/mol. The molecule has 1 aromatic heterocycles. The SMILES string of the molecule is CC(F)=CN1CCN(c2nc(OC[C@@H]3CCCN3C)nc3c2CCN(c2c(F)ccc4c2CCC4)C3)C[C@@H]1CC#N. The van der Waals surface area contributed by atoms with Gasteiger partial charge in [-0.1, -0.05) is 6.07 Å². The Morgan fingerprint density at radius 2 is 1.95 bits per heavy atom. The maximum Gasteiger partial charge on any atom is 0.318 e. The molecule has 0 saturated carbocycles. The zero-order chi connectivity index (χ0) is 28.5. The van der Waals surface area contributed by atoms with Gasteiger partial charge in [-0.3, -0.25) is 0 Å². The largest absolute Gasteiger partial charge is 0.462 e. The van der Waals surface area contributed by atoms with E-state index in [1.807, 2.05) is 11.0 Å². The molecular formula is C31H39F2N7O. The summed E-state index contributed by atoms with van der Waals surface area (Å²) in [6, 6.07) is 6.33. The Balaban J connectivity index is 1.32. The molecular weight excluding hydrogens is 524 g/mol. The molecule has 1 aromatic carbocycles. The van der Waals surface area contributed by atoms with Crippen molar-refractivity contribution in [3.63, 3.8) is 0 Å². The minimum Gasteiger partial charge on any atom is -0.462 e. The van der Waals surface area contributed by atoms with E-state index < -0.39 is 0 Å². The topological polar surface area (TPSA) is 71.8 Å². The van der Waals surface area contributed by atoms with Crippen LogP contribution in [0.25, 0.3) is 0 Å². The van der Waals surface area contributed by atoms with Crippen molar-refractivity contribution in [1.29, 1.82) is 5.26 Å². The number of hydrogen-bond acceptors (Lipinski definition) is 8. The molecule has 4 heterocycles. The van der Waals surface area contributed by atoms with Gasteiger partial charge in [0.2, 0.25) is 0 Å². The first-order valence-electron chi connectivity index (χ1n) is 14.9. The number of aryl methyl sites for hydroxylation is 1. The number of rotatable bonds is 7. The van der Waals surface area contributed by atoms with Gasteiger partial charge in [0, 0.05) is 44.0 Å². The fourth-order valence-corrected chi connectivity index (χ4v) is 6.97. The third-order valence-electron chi connectivity index (χ3n) is 9.12. The highest BCUT2D eigenvalue weighted by atomic mass is 19.1. The van der Waals surface area contributed by atoms with Crippen LogP contribution in [0, 0.1) is 17.1 Å². The molecule has 8 nitrogen and oxygen atoms in total. The summed E-state index contributed by atoms with van der Waals surface area (Å²) in [5.74, 6) is 0.385. The second-order valence-electron chi connectivity index (χ2n) is 11.8. The number of anilines is 2. The molecule has 4 aliphatic rings. The summed E-state index contributed by atoms with van der Waals surface area (Å²) < 4.78 is 35.3. The average Bonchev–Trinajstić information content (AvgIpc) is 3.60. The number of likely N-dealkylation sites (tertiary alicyclic amines) is 1. The minimum absolute atomic E-state index is 0.150. The Bertz CT molecular complexity index is 1350. The number of halogens is 2. The lowest BCUT2D eigenvalue weighted by Crippen LogP contribution is -2.51. The number of ether oxygens (including phenoxy) is 1. The summed E-state index contributed by atoms with van der Waals surface area (Å²) in [5, 5.41) is 9.49. The first kappa shape index (κ1) is 27.7. The molecule has 0 radical (unpaired) electrons. The smallest absolute Gasteiger partial charge is 0.318 e. The van der Waals surface area contributed by atoms with E-state index in [1.54, 1.807) is 6.07 Å². The summed E-state index contributed by atoms with van der Waals surface area (Å²) in [4.78, 5) is 18.4. The van der Waals surface area contributed by atoms with Gasteiger partial charge < -0.3 is 24.3 Å². The van der Waals surface area contributed by atoms with Crippen LogP contribution in [0.1, 0.15) is 55.0 Å². The van der Waals surface area contributed by atoms with Crippen molar-refractivity contribution in [3.05, 3.63) is 52.4 Å². The van der Waals surface area contributed by atoms with Crippen molar-refractivity contribution >= 4 is 11.5 Å². The number of hydrogen-bond donors (Lipinski definition) is 0. The zero-order valence-corrected chi connectivity index (χ0v) is 24.1. The molecule has 6 rings (SSSR count). The van der Waals surface area contributed by atoms with Crippen LogP contribution in [-0.2, 0) is 25.8 Å². The van der Waals surface area contributed by atoms with Gasteiger partial charge >= 0.3 is 6.01 Å². The molecule has 0 amide bonds. The summed E-state index contributed by atoms with van der Waals surface area (Å²) in [7, 11) is 2.12. The quantitative estimate of drug-likeness (QED) is 0.492. The second kappa shape index (κ2) is 11.8. The maximum absolute atomic E-state index is 15.3. The van der Waals surface area contributed by atoms with Crippen LogP contribution in [0.2, 0.25) is 0 Å². The Morgan fingerprint density at radius 1 is 1.07 bits per heavy atom. The first-order valence-corrected chi connectivity index (χ1v) is 14.9. The Labute approximate surface area is 241 Å². The number of nitriles is 1. The number of fused-ring (bicyclic) bond motifs is 2. The van der Waals surface area contributed by atoms with Gasteiger partial charge in [0.25, 0.3) is 0 Å². The van der Waals surface area contributed by atoms with E-state index in [0.717, 1.165) is 67.0 Å². The highest BCUT2D eigenvalue weighted by Crippen LogP contribution is 2.38. The normalized spacial score (nSPS) is 23.0. The van der Waals surface area contributed by atoms with E-state index in [0.29, 0.717) is 57.8 Å². The lowest BCUT2D eigenvalue weighted by Gasteiger charge is -2.42. The number of nitrogens with zero attached hydrogens (tertiary/aromatic N) is 7. The Kier molecular flexibility index (Phi) is 7.98.